The molecule has 0 radical (unpaired) electrons. The minimum absolute atomic E-state index is 0.0529. The second-order valence-electron chi connectivity index (χ2n) is 4.01. The van der Waals surface area contributed by atoms with Crippen LogP contribution in [0.2, 0.25) is 0 Å². The van der Waals surface area contributed by atoms with Crippen LogP contribution in [-0.4, -0.2) is 28.5 Å². The van der Waals surface area contributed by atoms with Crippen molar-refractivity contribution in [1.29, 1.82) is 0 Å². The molecule has 98 valence electrons. The highest BCUT2D eigenvalue weighted by Gasteiger charge is 2.08. The minimum atomic E-state index is -0.977. The molecule has 0 aliphatic carbocycles. The van der Waals surface area contributed by atoms with E-state index in [1.807, 2.05) is 0 Å². The maximum atomic E-state index is 11.8. The SMILES string of the molecule is O=C(O)CCNC(=O)c1ccc2cc[nH]c(=O)c2c1. The number of hydrogen-bond donors (Lipinski definition) is 3. The molecule has 0 aliphatic rings. The van der Waals surface area contributed by atoms with E-state index in [2.05, 4.69) is 10.3 Å². The summed E-state index contributed by atoms with van der Waals surface area (Å²) in [6.45, 7) is 0.0529. The summed E-state index contributed by atoms with van der Waals surface area (Å²) in [6, 6.07) is 6.50. The molecule has 0 spiro atoms. The van der Waals surface area contributed by atoms with Gasteiger partial charge in [-0.05, 0) is 23.6 Å². The van der Waals surface area contributed by atoms with Crippen LogP contribution in [0.15, 0.2) is 35.3 Å². The number of carbonyl (C=O) groups is 2. The smallest absolute Gasteiger partial charge is 0.305 e. The summed E-state index contributed by atoms with van der Waals surface area (Å²) in [4.78, 5) is 36.2. The Hall–Kier alpha value is -2.63. The Morgan fingerprint density at radius 3 is 2.79 bits per heavy atom. The topological polar surface area (TPSA) is 99.3 Å². The molecule has 1 heterocycles. The van der Waals surface area contributed by atoms with Crippen LogP contribution in [-0.2, 0) is 4.79 Å². The lowest BCUT2D eigenvalue weighted by Gasteiger charge is -2.04. The van der Waals surface area contributed by atoms with Crippen molar-refractivity contribution in [2.45, 2.75) is 6.42 Å². The van der Waals surface area contributed by atoms with Gasteiger partial charge in [-0.1, -0.05) is 6.07 Å². The standard InChI is InChI=1S/C13H12N2O4/c16-11(17)4-6-14-12(18)9-2-1-8-3-5-15-13(19)10(8)7-9/h1-3,5,7H,4,6H2,(H,14,18)(H,15,19)(H,16,17). The molecular formula is C13H12N2O4. The number of carboxylic acid groups (broad SMARTS) is 1. The normalized spacial score (nSPS) is 10.3. The van der Waals surface area contributed by atoms with Crippen molar-refractivity contribution < 1.29 is 14.7 Å². The van der Waals surface area contributed by atoms with Gasteiger partial charge in [0.05, 0.1) is 6.42 Å². The van der Waals surface area contributed by atoms with E-state index < -0.39 is 11.9 Å². The van der Waals surface area contributed by atoms with Crippen LogP contribution >= 0.6 is 0 Å². The van der Waals surface area contributed by atoms with E-state index in [9.17, 15) is 14.4 Å². The fourth-order valence-corrected chi connectivity index (χ4v) is 1.71. The summed E-state index contributed by atoms with van der Waals surface area (Å²) in [7, 11) is 0. The number of aromatic nitrogens is 1. The lowest BCUT2D eigenvalue weighted by Crippen LogP contribution is -2.26. The first kappa shape index (κ1) is 12.8. The molecule has 0 saturated carbocycles. The average Bonchev–Trinajstić information content (AvgIpc) is 2.38. The molecule has 6 heteroatoms. The Labute approximate surface area is 108 Å². The largest absolute Gasteiger partial charge is 0.481 e. The lowest BCUT2D eigenvalue weighted by molar-refractivity contribution is -0.136. The second kappa shape index (κ2) is 5.34. The van der Waals surface area contributed by atoms with Gasteiger partial charge in [0, 0.05) is 23.7 Å². The van der Waals surface area contributed by atoms with Crippen LogP contribution in [0.5, 0.6) is 0 Å². The van der Waals surface area contributed by atoms with Gasteiger partial charge < -0.3 is 15.4 Å². The molecule has 0 aliphatic heterocycles. The molecule has 3 N–H and O–H groups in total. The van der Waals surface area contributed by atoms with Crippen LogP contribution in [0, 0.1) is 0 Å². The van der Waals surface area contributed by atoms with Crippen molar-refractivity contribution in [3.63, 3.8) is 0 Å². The summed E-state index contributed by atoms with van der Waals surface area (Å²) in [5, 5.41) is 12.1. The average molecular weight is 260 g/mol. The number of amides is 1. The summed E-state index contributed by atoms with van der Waals surface area (Å²) < 4.78 is 0. The Morgan fingerprint density at radius 2 is 2.05 bits per heavy atom. The van der Waals surface area contributed by atoms with E-state index in [1.54, 1.807) is 18.2 Å². The number of benzene rings is 1. The number of aliphatic carboxylic acids is 1. The zero-order valence-electron chi connectivity index (χ0n) is 9.97. The molecule has 2 aromatic rings. The third kappa shape index (κ3) is 2.98. The number of nitrogens with one attached hydrogen (secondary N) is 2. The fourth-order valence-electron chi connectivity index (χ4n) is 1.71. The van der Waals surface area contributed by atoms with E-state index in [0.717, 1.165) is 5.39 Å². The number of H-pyrrole nitrogens is 1. The van der Waals surface area contributed by atoms with Crippen molar-refractivity contribution in [1.82, 2.24) is 10.3 Å². The van der Waals surface area contributed by atoms with Crippen molar-refractivity contribution >= 4 is 22.6 Å². The zero-order valence-corrected chi connectivity index (χ0v) is 9.97. The molecule has 0 atom stereocenters. The monoisotopic (exact) mass is 260 g/mol. The van der Waals surface area contributed by atoms with E-state index >= 15 is 0 Å². The third-order valence-corrected chi connectivity index (χ3v) is 2.66. The number of fused-ring (bicyclic) bond motifs is 1. The van der Waals surface area contributed by atoms with Crippen LogP contribution in [0.4, 0.5) is 0 Å². The number of pyridine rings is 1. The van der Waals surface area contributed by atoms with E-state index in [-0.39, 0.29) is 18.5 Å². The molecule has 1 aromatic heterocycles. The fraction of sp³-hybridized carbons (Fsp3) is 0.154. The highest BCUT2D eigenvalue weighted by molar-refractivity contribution is 5.98. The van der Waals surface area contributed by atoms with Gasteiger partial charge in [0.2, 0.25) is 0 Å². The predicted octanol–water partition coefficient (Wildman–Crippen LogP) is 0.733. The molecule has 0 bridgehead atoms. The summed E-state index contributed by atoms with van der Waals surface area (Å²) >= 11 is 0. The summed E-state index contributed by atoms with van der Waals surface area (Å²) in [5.41, 5.74) is 0.0623. The van der Waals surface area contributed by atoms with Gasteiger partial charge in [0.1, 0.15) is 0 Å². The predicted molar refractivity (Wildman–Crippen MR) is 69.2 cm³/mol. The highest BCUT2D eigenvalue weighted by atomic mass is 16.4. The number of carbonyl (C=O) groups excluding carboxylic acids is 1. The Bertz CT molecular complexity index is 690. The molecule has 1 aromatic carbocycles. The van der Waals surface area contributed by atoms with Crippen LogP contribution in [0.1, 0.15) is 16.8 Å². The first-order valence-electron chi connectivity index (χ1n) is 5.69. The summed E-state index contributed by atoms with van der Waals surface area (Å²) in [6.07, 6.45) is 1.40. The molecular weight excluding hydrogens is 248 g/mol. The van der Waals surface area contributed by atoms with Crippen LogP contribution < -0.4 is 10.9 Å². The number of rotatable bonds is 4. The first-order chi connectivity index (χ1) is 9.08. The Morgan fingerprint density at radius 1 is 1.26 bits per heavy atom. The quantitative estimate of drug-likeness (QED) is 0.754. The first-order valence-corrected chi connectivity index (χ1v) is 5.69. The molecule has 2 rings (SSSR count). The summed E-state index contributed by atoms with van der Waals surface area (Å²) in [5.74, 6) is -1.37. The lowest BCUT2D eigenvalue weighted by atomic mass is 10.1. The Balaban J connectivity index is 2.21. The van der Waals surface area contributed by atoms with Gasteiger partial charge >= 0.3 is 5.97 Å². The molecule has 0 unspecified atom stereocenters. The molecule has 6 nitrogen and oxygen atoms in total. The van der Waals surface area contributed by atoms with Crippen molar-refractivity contribution in [3.8, 4) is 0 Å². The van der Waals surface area contributed by atoms with Gasteiger partial charge in [-0.2, -0.15) is 0 Å². The second-order valence-corrected chi connectivity index (χ2v) is 4.01. The maximum absolute atomic E-state index is 11.8. The Kier molecular flexibility index (Phi) is 3.61. The van der Waals surface area contributed by atoms with E-state index in [4.69, 9.17) is 5.11 Å². The van der Waals surface area contributed by atoms with Crippen molar-refractivity contribution in [2.24, 2.45) is 0 Å². The van der Waals surface area contributed by atoms with Crippen LogP contribution in [0.3, 0.4) is 0 Å². The van der Waals surface area contributed by atoms with Gasteiger partial charge in [-0.25, -0.2) is 0 Å². The zero-order chi connectivity index (χ0) is 13.8. The van der Waals surface area contributed by atoms with Gasteiger partial charge in [-0.3, -0.25) is 14.4 Å². The van der Waals surface area contributed by atoms with Crippen molar-refractivity contribution in [2.75, 3.05) is 6.54 Å². The number of aromatic amines is 1. The number of hydrogen-bond acceptors (Lipinski definition) is 3. The molecule has 1 amide bonds. The van der Waals surface area contributed by atoms with Gasteiger partial charge in [-0.15, -0.1) is 0 Å². The maximum Gasteiger partial charge on any atom is 0.305 e. The minimum Gasteiger partial charge on any atom is -0.481 e. The van der Waals surface area contributed by atoms with Gasteiger partial charge in [0.15, 0.2) is 0 Å². The van der Waals surface area contributed by atoms with E-state index in [1.165, 1.54) is 12.3 Å². The number of carboxylic acids is 1. The third-order valence-electron chi connectivity index (χ3n) is 2.66. The van der Waals surface area contributed by atoms with Crippen LogP contribution in [0.25, 0.3) is 10.8 Å². The van der Waals surface area contributed by atoms with E-state index in [0.29, 0.717) is 10.9 Å². The molecule has 0 saturated heterocycles. The van der Waals surface area contributed by atoms with Crippen molar-refractivity contribution in [3.05, 3.63) is 46.4 Å². The highest BCUT2D eigenvalue weighted by Crippen LogP contribution is 2.11. The molecule has 19 heavy (non-hydrogen) atoms. The van der Waals surface area contributed by atoms with Gasteiger partial charge in [0.25, 0.3) is 11.5 Å². The molecule has 0 fully saturated rings.